The third-order valence-corrected chi connectivity index (χ3v) is 5.58. The average Bonchev–Trinajstić information content (AvgIpc) is 3.53. The summed E-state index contributed by atoms with van der Waals surface area (Å²) in [5, 5.41) is 22.1. The molecule has 2 heterocycles. The molecule has 8 nitrogen and oxygen atoms in total. The van der Waals surface area contributed by atoms with Crippen molar-refractivity contribution in [1.29, 1.82) is 0 Å². The van der Waals surface area contributed by atoms with Gasteiger partial charge in [0, 0.05) is 22.3 Å². The Morgan fingerprint density at radius 3 is 1.27 bits per heavy atom. The average molecular weight is 538 g/mol. The maximum absolute atomic E-state index is 11.1. The standard InChI is InChI=1S/2C14H10N2O2.Cu/c2*17-14(18)10-6-2-1-5-9(10)13-15-11-7-3-4-8-12(11)16-13;/h2*1-8H,(H,15,16)(H,17,18);/q;;+2/p-2. The van der Waals surface area contributed by atoms with E-state index in [4.69, 9.17) is 0 Å². The van der Waals surface area contributed by atoms with Crippen LogP contribution in [0.1, 0.15) is 20.7 Å². The minimum atomic E-state index is -1.20. The van der Waals surface area contributed by atoms with E-state index in [0.29, 0.717) is 22.8 Å². The summed E-state index contributed by atoms with van der Waals surface area (Å²) in [6.07, 6.45) is 0. The molecule has 0 saturated heterocycles. The molecule has 185 valence electrons. The van der Waals surface area contributed by atoms with Crippen LogP contribution in [0.5, 0.6) is 0 Å². The second-order valence-electron chi connectivity index (χ2n) is 7.87. The molecule has 6 aromatic rings. The zero-order valence-corrected chi connectivity index (χ0v) is 20.0. The number of imidazole rings is 2. The number of rotatable bonds is 4. The Morgan fingerprint density at radius 1 is 0.541 bits per heavy atom. The van der Waals surface area contributed by atoms with Crippen LogP contribution in [0.3, 0.4) is 0 Å². The molecule has 1 radical (unpaired) electrons. The first-order chi connectivity index (χ1) is 17.5. The van der Waals surface area contributed by atoms with Crippen molar-refractivity contribution in [2.45, 2.75) is 0 Å². The Kier molecular flexibility index (Phi) is 7.48. The molecule has 0 aliphatic carbocycles. The number of nitrogens with one attached hydrogen (secondary N) is 2. The quantitative estimate of drug-likeness (QED) is 0.331. The number of carboxylic acids is 2. The van der Waals surface area contributed by atoms with Gasteiger partial charge in [0.1, 0.15) is 11.6 Å². The van der Waals surface area contributed by atoms with E-state index in [2.05, 4.69) is 19.9 Å². The number of nitrogens with zero attached hydrogens (tertiary/aromatic N) is 2. The smallest absolute Gasteiger partial charge is 0.545 e. The van der Waals surface area contributed by atoms with E-state index in [0.717, 1.165) is 22.1 Å². The molecule has 6 rings (SSSR count). The zero-order chi connectivity index (χ0) is 25.1. The van der Waals surface area contributed by atoms with Gasteiger partial charge in [-0.3, -0.25) is 0 Å². The van der Waals surface area contributed by atoms with E-state index in [-0.39, 0.29) is 28.2 Å². The molecule has 9 heteroatoms. The molecule has 0 saturated carbocycles. The summed E-state index contributed by atoms with van der Waals surface area (Å²) >= 11 is 0. The van der Waals surface area contributed by atoms with Crippen molar-refractivity contribution in [2.75, 3.05) is 0 Å². The second kappa shape index (κ2) is 10.9. The number of fused-ring (bicyclic) bond motifs is 2. The van der Waals surface area contributed by atoms with Crippen LogP contribution < -0.4 is 10.2 Å². The Bertz CT molecular complexity index is 1530. The number of benzene rings is 4. The van der Waals surface area contributed by atoms with Crippen molar-refractivity contribution < 1.29 is 36.9 Å². The normalized spacial score (nSPS) is 10.4. The SMILES string of the molecule is O=C([O-])c1ccccc1-c1nc2ccccc2[nH]1.O=C([O-])c1ccccc1-c1nc2ccccc2[nH]1.[Cu+2]. The van der Waals surface area contributed by atoms with E-state index in [1.807, 2.05) is 48.5 Å². The van der Waals surface area contributed by atoms with Gasteiger partial charge in [0.15, 0.2) is 0 Å². The summed E-state index contributed by atoms with van der Waals surface area (Å²) in [6.45, 7) is 0. The van der Waals surface area contributed by atoms with Crippen molar-refractivity contribution in [2.24, 2.45) is 0 Å². The fraction of sp³-hybridized carbons (Fsp3) is 0. The third kappa shape index (κ3) is 5.28. The molecule has 0 atom stereocenters. The van der Waals surface area contributed by atoms with Crippen LogP contribution in [0, 0.1) is 0 Å². The van der Waals surface area contributed by atoms with E-state index >= 15 is 0 Å². The van der Waals surface area contributed by atoms with Gasteiger partial charge in [-0.1, -0.05) is 72.8 Å². The first kappa shape index (κ1) is 25.4. The van der Waals surface area contributed by atoms with Crippen LogP contribution in [0.25, 0.3) is 44.8 Å². The van der Waals surface area contributed by atoms with Crippen LogP contribution in [-0.2, 0) is 17.1 Å². The minimum absolute atomic E-state index is 0. The number of carbonyl (C=O) groups is 2. The van der Waals surface area contributed by atoms with Gasteiger partial charge in [0.05, 0.1) is 34.0 Å². The Balaban J connectivity index is 0.000000168. The number of para-hydroxylation sites is 4. The zero-order valence-electron chi connectivity index (χ0n) is 19.1. The largest absolute Gasteiger partial charge is 2.00 e. The first-order valence-electron chi connectivity index (χ1n) is 11.0. The molecule has 0 fully saturated rings. The van der Waals surface area contributed by atoms with Gasteiger partial charge in [-0.25, -0.2) is 9.97 Å². The Labute approximate surface area is 221 Å². The molecule has 0 aliphatic rings. The number of carbonyl (C=O) groups excluding carboxylic acids is 2. The fourth-order valence-electron chi connectivity index (χ4n) is 3.90. The Hall–Kier alpha value is -4.72. The van der Waals surface area contributed by atoms with Gasteiger partial charge in [0.25, 0.3) is 0 Å². The summed E-state index contributed by atoms with van der Waals surface area (Å²) in [6, 6.07) is 28.4. The molecule has 2 aromatic heterocycles. The van der Waals surface area contributed by atoms with Gasteiger partial charge in [-0.05, 0) is 24.3 Å². The molecular weight excluding hydrogens is 520 g/mol. The van der Waals surface area contributed by atoms with Crippen LogP contribution in [0.2, 0.25) is 0 Å². The number of carboxylic acid groups (broad SMARTS) is 2. The van der Waals surface area contributed by atoms with E-state index in [1.54, 1.807) is 36.4 Å². The second-order valence-corrected chi connectivity index (χ2v) is 7.87. The number of H-pyrrole nitrogens is 2. The van der Waals surface area contributed by atoms with Crippen molar-refractivity contribution in [3.63, 3.8) is 0 Å². The number of aromatic amines is 2. The van der Waals surface area contributed by atoms with Crippen molar-refractivity contribution in [1.82, 2.24) is 19.9 Å². The number of aromatic carboxylic acids is 2. The third-order valence-electron chi connectivity index (χ3n) is 5.58. The van der Waals surface area contributed by atoms with Gasteiger partial charge in [-0.15, -0.1) is 0 Å². The minimum Gasteiger partial charge on any atom is -0.545 e. The number of hydrogen-bond acceptors (Lipinski definition) is 6. The van der Waals surface area contributed by atoms with Gasteiger partial charge < -0.3 is 29.8 Å². The first-order valence-corrected chi connectivity index (χ1v) is 11.0. The Morgan fingerprint density at radius 2 is 0.892 bits per heavy atom. The van der Waals surface area contributed by atoms with Crippen molar-refractivity contribution in [3.8, 4) is 22.8 Å². The van der Waals surface area contributed by atoms with Crippen LogP contribution in [-0.4, -0.2) is 31.9 Å². The maximum Gasteiger partial charge on any atom is 2.00 e. The summed E-state index contributed by atoms with van der Waals surface area (Å²) in [4.78, 5) is 37.1. The predicted octanol–water partition coefficient (Wildman–Crippen LogP) is 3.18. The maximum atomic E-state index is 11.1. The molecule has 37 heavy (non-hydrogen) atoms. The molecular formula is C28H18CuN4O4. The van der Waals surface area contributed by atoms with Crippen LogP contribution in [0.4, 0.5) is 0 Å². The summed E-state index contributed by atoms with van der Waals surface area (Å²) in [5.41, 5.74) is 4.71. The van der Waals surface area contributed by atoms with Crippen molar-refractivity contribution in [3.05, 3.63) is 108 Å². The molecule has 0 aliphatic heterocycles. The molecule has 0 unspecified atom stereocenters. The van der Waals surface area contributed by atoms with Gasteiger partial charge in [0.2, 0.25) is 0 Å². The summed E-state index contributed by atoms with van der Waals surface area (Å²) in [5.74, 6) is -1.33. The van der Waals surface area contributed by atoms with Gasteiger partial charge in [-0.2, -0.15) is 0 Å². The molecule has 0 spiro atoms. The van der Waals surface area contributed by atoms with E-state index in [1.165, 1.54) is 12.1 Å². The number of hydrogen-bond donors (Lipinski definition) is 2. The monoisotopic (exact) mass is 537 g/mol. The predicted molar refractivity (Wildman–Crippen MR) is 132 cm³/mol. The number of aromatic nitrogens is 4. The van der Waals surface area contributed by atoms with Gasteiger partial charge >= 0.3 is 17.1 Å². The topological polar surface area (TPSA) is 138 Å². The summed E-state index contributed by atoms with van der Waals surface area (Å²) < 4.78 is 0. The van der Waals surface area contributed by atoms with E-state index in [9.17, 15) is 19.8 Å². The van der Waals surface area contributed by atoms with Crippen LogP contribution >= 0.6 is 0 Å². The molecule has 2 N–H and O–H groups in total. The summed E-state index contributed by atoms with van der Waals surface area (Å²) in [7, 11) is 0. The molecule has 0 bridgehead atoms. The molecule has 4 aromatic carbocycles. The van der Waals surface area contributed by atoms with E-state index < -0.39 is 11.9 Å². The van der Waals surface area contributed by atoms with Crippen molar-refractivity contribution >= 4 is 34.0 Å². The fourth-order valence-corrected chi connectivity index (χ4v) is 3.90. The van der Waals surface area contributed by atoms with Crippen LogP contribution in [0.15, 0.2) is 97.1 Å². The molecule has 0 amide bonds.